The molecule has 78 valence electrons. The Morgan fingerprint density at radius 2 is 2.07 bits per heavy atom. The predicted octanol–water partition coefficient (Wildman–Crippen LogP) is 3.64. The van der Waals surface area contributed by atoms with Gasteiger partial charge in [0, 0.05) is 3.57 Å². The Kier molecular flexibility index (Phi) is 3.25. The van der Waals surface area contributed by atoms with E-state index in [1.165, 1.54) is 0 Å². The molecule has 0 saturated heterocycles. The number of alkyl halides is 1. The molecular formula is C10H8ClIN2O. The zero-order valence-electron chi connectivity index (χ0n) is 7.95. The molecule has 1 atom stereocenters. The first kappa shape index (κ1) is 10.9. The first-order chi connectivity index (χ1) is 7.18. The number of aromatic nitrogens is 2. The Bertz CT molecular complexity index is 470. The van der Waals surface area contributed by atoms with E-state index >= 15 is 0 Å². The molecule has 5 heteroatoms. The van der Waals surface area contributed by atoms with E-state index in [-0.39, 0.29) is 5.38 Å². The van der Waals surface area contributed by atoms with Crippen molar-refractivity contribution in [2.45, 2.75) is 12.3 Å². The highest BCUT2D eigenvalue weighted by molar-refractivity contribution is 14.1. The molecule has 2 rings (SSSR count). The minimum atomic E-state index is -0.257. The maximum absolute atomic E-state index is 5.85. The number of hydrogen-bond acceptors (Lipinski definition) is 3. The maximum Gasteiger partial charge on any atom is 0.248 e. The van der Waals surface area contributed by atoms with Gasteiger partial charge in [0.2, 0.25) is 11.8 Å². The van der Waals surface area contributed by atoms with Crippen molar-refractivity contribution in [3.05, 3.63) is 33.7 Å². The fraction of sp³-hybridized carbons (Fsp3) is 0.200. The average Bonchev–Trinajstić information content (AvgIpc) is 2.67. The molecule has 0 fully saturated rings. The lowest BCUT2D eigenvalue weighted by molar-refractivity contribution is 0.507. The van der Waals surface area contributed by atoms with Gasteiger partial charge in [-0.25, -0.2) is 0 Å². The molecular weight excluding hydrogens is 326 g/mol. The van der Waals surface area contributed by atoms with E-state index in [0.29, 0.717) is 11.8 Å². The van der Waals surface area contributed by atoms with Gasteiger partial charge in [-0.3, -0.25) is 0 Å². The highest BCUT2D eigenvalue weighted by Crippen LogP contribution is 2.26. The van der Waals surface area contributed by atoms with Gasteiger partial charge >= 0.3 is 0 Å². The summed E-state index contributed by atoms with van der Waals surface area (Å²) in [6, 6.07) is 7.83. The minimum absolute atomic E-state index is 0.257. The summed E-state index contributed by atoms with van der Waals surface area (Å²) in [5.74, 6) is 0.966. The summed E-state index contributed by atoms with van der Waals surface area (Å²) in [5, 5.41) is 7.59. The van der Waals surface area contributed by atoms with Gasteiger partial charge < -0.3 is 4.42 Å². The largest absolute Gasteiger partial charge is 0.419 e. The number of benzene rings is 1. The van der Waals surface area contributed by atoms with Crippen molar-refractivity contribution in [1.29, 1.82) is 0 Å². The molecule has 0 aliphatic carbocycles. The van der Waals surface area contributed by atoms with Gasteiger partial charge in [0.05, 0.1) is 5.56 Å². The summed E-state index contributed by atoms with van der Waals surface area (Å²) in [4.78, 5) is 0. The molecule has 1 aromatic carbocycles. The van der Waals surface area contributed by atoms with Crippen molar-refractivity contribution in [2.75, 3.05) is 0 Å². The second kappa shape index (κ2) is 4.49. The van der Waals surface area contributed by atoms with Crippen LogP contribution in [0, 0.1) is 3.57 Å². The quantitative estimate of drug-likeness (QED) is 0.622. The Morgan fingerprint density at radius 3 is 2.67 bits per heavy atom. The number of rotatable bonds is 2. The van der Waals surface area contributed by atoms with Crippen LogP contribution in [0.5, 0.6) is 0 Å². The van der Waals surface area contributed by atoms with Crippen LogP contribution in [0.25, 0.3) is 11.5 Å². The summed E-state index contributed by atoms with van der Waals surface area (Å²) in [5.41, 5.74) is 0.939. The second-order valence-electron chi connectivity index (χ2n) is 3.04. The summed E-state index contributed by atoms with van der Waals surface area (Å²) < 4.78 is 6.53. The Morgan fingerprint density at radius 1 is 1.33 bits per heavy atom. The van der Waals surface area contributed by atoms with Crippen LogP contribution in [0.15, 0.2) is 28.7 Å². The van der Waals surface area contributed by atoms with E-state index in [1.807, 2.05) is 24.3 Å². The molecule has 0 N–H and O–H groups in total. The number of halogens is 2. The predicted molar refractivity (Wildman–Crippen MR) is 66.7 cm³/mol. The van der Waals surface area contributed by atoms with Gasteiger partial charge in [0.25, 0.3) is 0 Å². The van der Waals surface area contributed by atoms with Crippen molar-refractivity contribution in [3.63, 3.8) is 0 Å². The van der Waals surface area contributed by atoms with Crippen LogP contribution in [-0.2, 0) is 0 Å². The van der Waals surface area contributed by atoms with Crippen LogP contribution in [0.4, 0.5) is 0 Å². The third-order valence-electron chi connectivity index (χ3n) is 1.89. The van der Waals surface area contributed by atoms with Crippen molar-refractivity contribution < 1.29 is 4.42 Å². The van der Waals surface area contributed by atoms with E-state index in [2.05, 4.69) is 32.8 Å². The fourth-order valence-electron chi connectivity index (χ4n) is 1.14. The molecule has 0 bridgehead atoms. The number of hydrogen-bond donors (Lipinski definition) is 0. The van der Waals surface area contributed by atoms with Gasteiger partial charge in [-0.05, 0) is 41.6 Å². The Labute approximate surface area is 106 Å². The van der Waals surface area contributed by atoms with Gasteiger partial charge in [0.15, 0.2) is 0 Å². The van der Waals surface area contributed by atoms with Crippen LogP contribution < -0.4 is 0 Å². The molecule has 1 aromatic heterocycles. The van der Waals surface area contributed by atoms with Gasteiger partial charge in [0.1, 0.15) is 5.38 Å². The van der Waals surface area contributed by atoms with Crippen molar-refractivity contribution in [1.82, 2.24) is 10.2 Å². The van der Waals surface area contributed by atoms with Crippen molar-refractivity contribution >= 4 is 34.2 Å². The zero-order chi connectivity index (χ0) is 10.8. The summed E-state index contributed by atoms with van der Waals surface area (Å²) in [7, 11) is 0. The van der Waals surface area contributed by atoms with Crippen LogP contribution in [0.3, 0.4) is 0 Å². The average molecular weight is 335 g/mol. The molecule has 0 radical (unpaired) electrons. The van der Waals surface area contributed by atoms with Crippen LogP contribution in [0.1, 0.15) is 18.2 Å². The third kappa shape index (κ3) is 2.31. The molecule has 2 aromatic rings. The summed E-state index contributed by atoms with van der Waals surface area (Å²) in [6.45, 7) is 1.80. The molecule has 0 aliphatic heterocycles. The molecule has 15 heavy (non-hydrogen) atoms. The second-order valence-corrected chi connectivity index (χ2v) is 4.86. The molecule has 1 unspecified atom stereocenters. The van der Waals surface area contributed by atoms with E-state index in [9.17, 15) is 0 Å². The molecule has 0 amide bonds. The SMILES string of the molecule is CC(Cl)c1nnc(-c2ccccc2I)o1. The zero-order valence-corrected chi connectivity index (χ0v) is 10.9. The molecule has 1 heterocycles. The Balaban J connectivity index is 2.42. The highest BCUT2D eigenvalue weighted by atomic mass is 127. The van der Waals surface area contributed by atoms with Crippen LogP contribution in [0.2, 0.25) is 0 Å². The Hall–Kier alpha value is -0.620. The van der Waals surface area contributed by atoms with E-state index in [1.54, 1.807) is 6.92 Å². The normalized spacial score (nSPS) is 12.7. The monoisotopic (exact) mass is 334 g/mol. The number of nitrogens with zero attached hydrogens (tertiary/aromatic N) is 2. The first-order valence-corrected chi connectivity index (χ1v) is 5.92. The fourth-order valence-corrected chi connectivity index (χ4v) is 1.85. The minimum Gasteiger partial charge on any atom is -0.419 e. The smallest absolute Gasteiger partial charge is 0.248 e. The van der Waals surface area contributed by atoms with Gasteiger partial charge in [-0.1, -0.05) is 12.1 Å². The maximum atomic E-state index is 5.85. The molecule has 0 spiro atoms. The van der Waals surface area contributed by atoms with Crippen molar-refractivity contribution in [2.24, 2.45) is 0 Å². The lowest BCUT2D eigenvalue weighted by Gasteiger charge is -1.97. The summed E-state index contributed by atoms with van der Waals surface area (Å²) >= 11 is 8.08. The molecule has 0 aliphatic rings. The molecule has 3 nitrogen and oxygen atoms in total. The van der Waals surface area contributed by atoms with E-state index in [0.717, 1.165) is 9.13 Å². The van der Waals surface area contributed by atoms with Gasteiger partial charge in [-0.15, -0.1) is 21.8 Å². The van der Waals surface area contributed by atoms with Crippen LogP contribution >= 0.6 is 34.2 Å². The van der Waals surface area contributed by atoms with Crippen LogP contribution in [-0.4, -0.2) is 10.2 Å². The summed E-state index contributed by atoms with van der Waals surface area (Å²) in [6.07, 6.45) is 0. The van der Waals surface area contributed by atoms with Crippen molar-refractivity contribution in [3.8, 4) is 11.5 Å². The standard InChI is InChI=1S/C10H8ClIN2O/c1-6(11)9-13-14-10(15-9)7-4-2-3-5-8(7)12/h2-6H,1H3. The first-order valence-electron chi connectivity index (χ1n) is 4.41. The van der Waals surface area contributed by atoms with E-state index in [4.69, 9.17) is 16.0 Å². The third-order valence-corrected chi connectivity index (χ3v) is 3.01. The highest BCUT2D eigenvalue weighted by Gasteiger charge is 2.13. The lowest BCUT2D eigenvalue weighted by Crippen LogP contribution is -1.82. The lowest BCUT2D eigenvalue weighted by atomic mass is 10.2. The van der Waals surface area contributed by atoms with E-state index < -0.39 is 0 Å². The van der Waals surface area contributed by atoms with Gasteiger partial charge in [-0.2, -0.15) is 0 Å². The molecule has 0 saturated carbocycles. The topological polar surface area (TPSA) is 38.9 Å².